The number of hydrogen-bond donors (Lipinski definition) is 1. The predicted molar refractivity (Wildman–Crippen MR) is 149 cm³/mol. The number of amides is 1. The number of imidazole rings is 1. The molecule has 0 aliphatic heterocycles. The van der Waals surface area contributed by atoms with E-state index in [-0.39, 0.29) is 23.4 Å². The summed E-state index contributed by atoms with van der Waals surface area (Å²) in [4.78, 5) is 18.1. The summed E-state index contributed by atoms with van der Waals surface area (Å²) < 4.78 is 40.4. The van der Waals surface area contributed by atoms with Gasteiger partial charge in [0.1, 0.15) is 11.5 Å². The molecule has 11 heteroatoms. The first-order valence-corrected chi connectivity index (χ1v) is 14.1. The maximum atomic E-state index is 13.4. The van der Waals surface area contributed by atoms with Gasteiger partial charge in [-0.25, -0.2) is 13.4 Å². The van der Waals surface area contributed by atoms with E-state index in [1.807, 2.05) is 36.4 Å². The Morgan fingerprint density at radius 2 is 1.72 bits per heavy atom. The van der Waals surface area contributed by atoms with Crippen LogP contribution in [0.3, 0.4) is 0 Å². The molecule has 0 bridgehead atoms. The van der Waals surface area contributed by atoms with Gasteiger partial charge < -0.3 is 9.47 Å². The van der Waals surface area contributed by atoms with Gasteiger partial charge in [0, 0.05) is 28.9 Å². The van der Waals surface area contributed by atoms with Crippen LogP contribution in [0.5, 0.6) is 11.5 Å². The van der Waals surface area contributed by atoms with E-state index in [2.05, 4.69) is 10.3 Å². The van der Waals surface area contributed by atoms with E-state index in [1.54, 1.807) is 42.1 Å². The van der Waals surface area contributed by atoms with E-state index in [1.165, 1.54) is 23.5 Å². The van der Waals surface area contributed by atoms with E-state index in [0.29, 0.717) is 40.7 Å². The molecule has 0 unspecified atom stereocenters. The summed E-state index contributed by atoms with van der Waals surface area (Å²) in [7, 11) is -0.817. The van der Waals surface area contributed by atoms with Crippen molar-refractivity contribution in [3.63, 3.8) is 0 Å². The fourth-order valence-corrected chi connectivity index (χ4v) is 5.91. The van der Waals surface area contributed by atoms with Crippen LogP contribution in [0.25, 0.3) is 16.9 Å². The largest absolute Gasteiger partial charge is 0.497 e. The zero-order valence-electron chi connectivity index (χ0n) is 21.4. The maximum Gasteiger partial charge on any atom is 0.243 e. The third-order valence-electron chi connectivity index (χ3n) is 6.35. The van der Waals surface area contributed by atoms with Crippen molar-refractivity contribution >= 4 is 33.5 Å². The van der Waals surface area contributed by atoms with Crippen LogP contribution in [-0.4, -0.2) is 55.0 Å². The number of anilines is 1. The van der Waals surface area contributed by atoms with Gasteiger partial charge in [0.05, 0.1) is 37.0 Å². The van der Waals surface area contributed by atoms with Crippen molar-refractivity contribution in [1.29, 1.82) is 0 Å². The summed E-state index contributed by atoms with van der Waals surface area (Å²) >= 11 is 6.05. The minimum absolute atomic E-state index is 0.103. The van der Waals surface area contributed by atoms with Gasteiger partial charge in [-0.2, -0.15) is 4.31 Å². The second-order valence-electron chi connectivity index (χ2n) is 9.03. The fraction of sp³-hybridized carbons (Fsp3) is 0.214. The van der Waals surface area contributed by atoms with Gasteiger partial charge in [-0.3, -0.25) is 14.7 Å². The van der Waals surface area contributed by atoms with E-state index < -0.39 is 15.9 Å². The second kappa shape index (κ2) is 11.1. The number of hydrogen-bond acceptors (Lipinski definition) is 6. The van der Waals surface area contributed by atoms with E-state index >= 15 is 0 Å². The summed E-state index contributed by atoms with van der Waals surface area (Å²) in [6, 6.07) is 20.4. The summed E-state index contributed by atoms with van der Waals surface area (Å²) in [5.41, 5.74) is 2.12. The molecule has 0 radical (unpaired) electrons. The Morgan fingerprint density at radius 3 is 2.36 bits per heavy atom. The van der Waals surface area contributed by atoms with E-state index in [0.717, 1.165) is 5.56 Å². The quantitative estimate of drug-likeness (QED) is 0.290. The van der Waals surface area contributed by atoms with Gasteiger partial charge in [0.2, 0.25) is 21.9 Å². The van der Waals surface area contributed by atoms with Crippen molar-refractivity contribution in [2.45, 2.75) is 23.8 Å². The molecule has 3 aromatic carbocycles. The smallest absolute Gasteiger partial charge is 0.243 e. The van der Waals surface area contributed by atoms with Crippen LogP contribution in [-0.2, 0) is 14.8 Å². The number of ether oxygens (including phenoxy) is 2. The Morgan fingerprint density at radius 1 is 1.03 bits per heavy atom. The first kappa shape index (κ1) is 26.7. The molecule has 1 heterocycles. The molecule has 202 valence electrons. The van der Waals surface area contributed by atoms with Gasteiger partial charge in [-0.05, 0) is 61.4 Å². The second-order valence-corrected chi connectivity index (χ2v) is 11.4. The van der Waals surface area contributed by atoms with E-state index in [9.17, 15) is 13.2 Å². The van der Waals surface area contributed by atoms with Gasteiger partial charge in [-0.1, -0.05) is 29.8 Å². The van der Waals surface area contributed by atoms with Crippen LogP contribution in [0, 0.1) is 0 Å². The Hall–Kier alpha value is -3.86. The lowest BCUT2D eigenvalue weighted by molar-refractivity contribution is -0.116. The highest BCUT2D eigenvalue weighted by atomic mass is 35.5. The molecular weight excluding hydrogens is 540 g/mol. The lowest BCUT2D eigenvalue weighted by Gasteiger charge is -2.21. The van der Waals surface area contributed by atoms with Crippen LogP contribution in [0.2, 0.25) is 5.02 Å². The zero-order valence-corrected chi connectivity index (χ0v) is 22.9. The van der Waals surface area contributed by atoms with Gasteiger partial charge in [0.15, 0.2) is 0 Å². The molecule has 0 spiro atoms. The van der Waals surface area contributed by atoms with Crippen molar-refractivity contribution in [2.75, 3.05) is 26.1 Å². The molecule has 1 aliphatic rings. The van der Waals surface area contributed by atoms with E-state index in [4.69, 9.17) is 21.1 Å². The third-order valence-corrected chi connectivity index (χ3v) is 8.51. The SMILES string of the molecule is COc1ccc(S(=O)(=O)N(CC(=O)Nc2nc(-c3ccc(Cl)cc3)cn2-c2cccc(OC)c2)C2CC2)cc1. The van der Waals surface area contributed by atoms with Crippen LogP contribution in [0.4, 0.5) is 5.95 Å². The van der Waals surface area contributed by atoms with Crippen LogP contribution in [0.1, 0.15) is 12.8 Å². The predicted octanol–water partition coefficient (Wildman–Crippen LogP) is 5.00. The minimum atomic E-state index is -3.90. The molecule has 1 amide bonds. The molecule has 39 heavy (non-hydrogen) atoms. The standard InChI is InChI=1S/C28H27ClN4O5S/c1-37-23-12-14-25(15-13-23)39(35,36)33(21-10-11-21)18-27(34)31-28-30-26(19-6-8-20(29)9-7-19)17-32(28)22-4-3-5-24(16-22)38-2/h3-9,12-17,21H,10-11,18H2,1-2H3,(H,30,31,34). The molecule has 1 aromatic heterocycles. The normalized spacial score (nSPS) is 13.3. The molecule has 1 aliphatic carbocycles. The lowest BCUT2D eigenvalue weighted by atomic mass is 10.2. The minimum Gasteiger partial charge on any atom is -0.497 e. The van der Waals surface area contributed by atoms with Gasteiger partial charge in [0.25, 0.3) is 0 Å². The Kier molecular flexibility index (Phi) is 7.60. The number of halogens is 1. The Bertz CT molecular complexity index is 1580. The highest BCUT2D eigenvalue weighted by Gasteiger charge is 2.39. The fourth-order valence-electron chi connectivity index (χ4n) is 4.15. The van der Waals surface area contributed by atoms with Gasteiger partial charge in [-0.15, -0.1) is 0 Å². The van der Waals surface area contributed by atoms with Gasteiger partial charge >= 0.3 is 0 Å². The maximum absolute atomic E-state index is 13.4. The number of sulfonamides is 1. The van der Waals surface area contributed by atoms with Crippen molar-refractivity contribution in [1.82, 2.24) is 13.9 Å². The molecule has 0 atom stereocenters. The number of methoxy groups -OCH3 is 2. The average Bonchev–Trinajstić information content (AvgIpc) is 3.71. The number of carbonyl (C=O) groups is 1. The Balaban J connectivity index is 1.44. The van der Waals surface area contributed by atoms with Crippen molar-refractivity contribution in [2.24, 2.45) is 0 Å². The highest BCUT2D eigenvalue weighted by molar-refractivity contribution is 7.89. The monoisotopic (exact) mass is 566 g/mol. The number of benzene rings is 3. The summed E-state index contributed by atoms with van der Waals surface area (Å²) in [5, 5.41) is 3.42. The van der Waals surface area contributed by atoms with Crippen LogP contribution < -0.4 is 14.8 Å². The lowest BCUT2D eigenvalue weighted by Crippen LogP contribution is -2.39. The third kappa shape index (κ3) is 5.93. The number of nitrogens with zero attached hydrogens (tertiary/aromatic N) is 3. The number of rotatable bonds is 10. The van der Waals surface area contributed by atoms with Crippen molar-refractivity contribution in [3.05, 3.63) is 84.0 Å². The Labute approximate surface area is 232 Å². The number of aromatic nitrogens is 2. The topological polar surface area (TPSA) is 103 Å². The van der Waals surface area contributed by atoms with Crippen molar-refractivity contribution in [3.8, 4) is 28.4 Å². The summed E-state index contributed by atoms with van der Waals surface area (Å²) in [6.45, 7) is -0.347. The molecule has 1 fully saturated rings. The highest BCUT2D eigenvalue weighted by Crippen LogP contribution is 2.33. The molecule has 1 N–H and O–H groups in total. The summed E-state index contributed by atoms with van der Waals surface area (Å²) in [5.74, 6) is 0.926. The summed E-state index contributed by atoms with van der Waals surface area (Å²) in [6.07, 6.45) is 3.18. The molecule has 9 nitrogen and oxygen atoms in total. The van der Waals surface area contributed by atoms with Crippen LogP contribution in [0.15, 0.2) is 83.9 Å². The molecular formula is C28H27ClN4O5S. The average molecular weight is 567 g/mol. The number of nitrogens with one attached hydrogen (secondary N) is 1. The van der Waals surface area contributed by atoms with Crippen LogP contribution >= 0.6 is 11.6 Å². The number of carbonyl (C=O) groups excluding carboxylic acids is 1. The zero-order chi connectivity index (χ0) is 27.6. The molecule has 1 saturated carbocycles. The van der Waals surface area contributed by atoms with Crippen molar-refractivity contribution < 1.29 is 22.7 Å². The molecule has 5 rings (SSSR count). The molecule has 4 aromatic rings. The first-order chi connectivity index (χ1) is 18.8. The first-order valence-electron chi connectivity index (χ1n) is 12.2. The molecule has 0 saturated heterocycles.